The molecule has 578 valence electrons. The molecule has 0 heterocycles. The van der Waals surface area contributed by atoms with E-state index in [4.69, 9.17) is 37.0 Å². The number of allylic oxidation sites excluding steroid dienone is 4. The van der Waals surface area contributed by atoms with Crippen LogP contribution in [0.5, 0.6) is 0 Å². The van der Waals surface area contributed by atoms with E-state index < -0.39 is 97.5 Å². The first kappa shape index (κ1) is 95.5. The number of unbranched alkanes of at least 4 members (excludes halogenated alkanes) is 39. The van der Waals surface area contributed by atoms with E-state index >= 15 is 0 Å². The molecule has 0 aliphatic carbocycles. The molecular weight excluding hydrogens is 1280 g/mol. The maximum absolute atomic E-state index is 13.1. The third kappa shape index (κ3) is 70.6. The van der Waals surface area contributed by atoms with E-state index in [1.807, 2.05) is 0 Å². The molecular formula is C79H150O17P2. The normalized spacial score (nSPS) is 14.4. The Morgan fingerprint density at radius 3 is 0.908 bits per heavy atom. The lowest BCUT2D eigenvalue weighted by molar-refractivity contribution is -0.161. The molecule has 0 fully saturated rings. The molecule has 0 bridgehead atoms. The smallest absolute Gasteiger partial charge is 0.462 e. The fourth-order valence-electron chi connectivity index (χ4n) is 11.6. The minimum Gasteiger partial charge on any atom is -0.462 e. The summed E-state index contributed by atoms with van der Waals surface area (Å²) in [4.78, 5) is 72.9. The van der Waals surface area contributed by atoms with Gasteiger partial charge in [0.25, 0.3) is 0 Å². The lowest BCUT2D eigenvalue weighted by atomic mass is 9.99. The van der Waals surface area contributed by atoms with Gasteiger partial charge in [-0.15, -0.1) is 0 Å². The van der Waals surface area contributed by atoms with Gasteiger partial charge in [-0.2, -0.15) is 0 Å². The van der Waals surface area contributed by atoms with Crippen molar-refractivity contribution in [3.63, 3.8) is 0 Å². The molecule has 0 rings (SSSR count). The number of phosphoric ester groups is 2. The Kier molecular flexibility index (Phi) is 67.2. The predicted molar refractivity (Wildman–Crippen MR) is 400 cm³/mol. The molecule has 6 atom stereocenters. The molecule has 0 spiro atoms. The van der Waals surface area contributed by atoms with Crippen LogP contribution in [-0.2, 0) is 65.4 Å². The van der Waals surface area contributed by atoms with Crippen molar-refractivity contribution in [2.75, 3.05) is 39.6 Å². The van der Waals surface area contributed by atoms with Crippen LogP contribution in [-0.4, -0.2) is 96.7 Å². The van der Waals surface area contributed by atoms with Crippen molar-refractivity contribution in [1.82, 2.24) is 0 Å². The zero-order chi connectivity index (χ0) is 72.3. The SMILES string of the molecule is CCCCCC/C=C\C=C/CCCCCCCC(=O)O[C@H](COC(=O)CCCCCCCCCCC(C)CC)COP(=O)(O)OCC(O)COP(=O)(O)OC[C@@H](COC(=O)CCCCCCCCCC(C)C)OC(=O)CCCCCCCCCCCCCCCCCCCCC(C)C. The Bertz CT molecular complexity index is 2000. The molecule has 0 radical (unpaired) electrons. The number of hydrogen-bond donors (Lipinski definition) is 3. The van der Waals surface area contributed by atoms with Crippen molar-refractivity contribution in [3.05, 3.63) is 24.3 Å². The highest BCUT2D eigenvalue weighted by Crippen LogP contribution is 2.45. The molecule has 0 aromatic rings. The summed E-state index contributed by atoms with van der Waals surface area (Å²) in [5.74, 6) is 0.150. The molecule has 0 saturated heterocycles. The van der Waals surface area contributed by atoms with Crippen LogP contribution in [0.2, 0.25) is 0 Å². The number of aliphatic hydroxyl groups excluding tert-OH is 1. The van der Waals surface area contributed by atoms with Gasteiger partial charge in [0.05, 0.1) is 26.4 Å². The first-order valence-electron chi connectivity index (χ1n) is 40.2. The van der Waals surface area contributed by atoms with E-state index in [-0.39, 0.29) is 25.7 Å². The van der Waals surface area contributed by atoms with E-state index in [0.717, 1.165) is 121 Å². The minimum absolute atomic E-state index is 0.0843. The van der Waals surface area contributed by atoms with Gasteiger partial charge in [0, 0.05) is 25.7 Å². The Balaban J connectivity index is 5.23. The molecule has 0 aromatic carbocycles. The zero-order valence-corrected chi connectivity index (χ0v) is 65.5. The summed E-state index contributed by atoms with van der Waals surface area (Å²) in [6, 6.07) is 0. The van der Waals surface area contributed by atoms with Gasteiger partial charge in [0.1, 0.15) is 19.3 Å². The second-order valence-electron chi connectivity index (χ2n) is 29.0. The summed E-state index contributed by atoms with van der Waals surface area (Å²) in [6.45, 7) is 11.8. The number of aliphatic hydroxyl groups is 1. The molecule has 17 nitrogen and oxygen atoms in total. The third-order valence-corrected chi connectivity index (χ3v) is 20.0. The fraction of sp³-hybridized carbons (Fsp3) is 0.899. The van der Waals surface area contributed by atoms with Gasteiger partial charge < -0.3 is 33.8 Å². The van der Waals surface area contributed by atoms with Crippen LogP contribution in [0.15, 0.2) is 24.3 Å². The van der Waals surface area contributed by atoms with E-state index in [2.05, 4.69) is 72.8 Å². The average Bonchev–Trinajstić information content (AvgIpc) is 1.12. The van der Waals surface area contributed by atoms with Crippen molar-refractivity contribution >= 4 is 39.5 Å². The maximum atomic E-state index is 13.1. The first-order chi connectivity index (χ1) is 47.3. The molecule has 0 saturated carbocycles. The standard InChI is InChI=1S/C79H150O17P2/c1-8-10-11-12-13-14-15-16-21-25-28-31-40-48-55-62-78(83)95-74(66-89-76(81)60-53-46-39-34-33-38-45-52-59-72(7)9-2)68-93-97(85,86)91-64-73(80)65-92-98(87,88)94-69-75(67-90-77(82)61-54-47-42-35-37-44-51-58-71(5)6)96-79(84)63-56-49-41-32-29-26-23-20-18-17-19-22-24-27-30-36-43-50-57-70(3)4/h14-16,21,70-75,80H,8-13,17-20,22-69H2,1-7H3,(H,85,86)(H,87,88)/b15-14-,21-16-/t72?,73?,74-,75-/m1/s1. The van der Waals surface area contributed by atoms with E-state index in [1.54, 1.807) is 0 Å². The molecule has 0 aliphatic rings. The molecule has 98 heavy (non-hydrogen) atoms. The number of ether oxygens (including phenoxy) is 4. The monoisotopic (exact) mass is 1430 g/mol. The molecule has 0 aromatic heterocycles. The summed E-state index contributed by atoms with van der Waals surface area (Å²) in [7, 11) is -9.93. The van der Waals surface area contributed by atoms with Crippen LogP contribution < -0.4 is 0 Å². The van der Waals surface area contributed by atoms with Crippen LogP contribution in [0.1, 0.15) is 382 Å². The Labute approximate surface area is 599 Å². The van der Waals surface area contributed by atoms with Crippen molar-refractivity contribution in [2.45, 2.75) is 401 Å². The van der Waals surface area contributed by atoms with E-state index in [0.29, 0.717) is 31.6 Å². The number of carbonyl (C=O) groups excluding carboxylic acids is 4. The zero-order valence-electron chi connectivity index (χ0n) is 63.7. The van der Waals surface area contributed by atoms with Crippen molar-refractivity contribution in [2.24, 2.45) is 17.8 Å². The van der Waals surface area contributed by atoms with Gasteiger partial charge in [0.15, 0.2) is 12.2 Å². The highest BCUT2D eigenvalue weighted by atomic mass is 31.2. The Hall–Kier alpha value is -2.46. The summed E-state index contributed by atoms with van der Waals surface area (Å²) in [6.07, 6.45) is 59.2. The molecule has 19 heteroatoms. The maximum Gasteiger partial charge on any atom is 0.472 e. The van der Waals surface area contributed by atoms with Gasteiger partial charge in [-0.1, -0.05) is 330 Å². The molecule has 3 N–H and O–H groups in total. The van der Waals surface area contributed by atoms with Crippen LogP contribution in [0.25, 0.3) is 0 Å². The Morgan fingerprint density at radius 2 is 0.602 bits per heavy atom. The highest BCUT2D eigenvalue weighted by molar-refractivity contribution is 7.47. The van der Waals surface area contributed by atoms with E-state index in [1.165, 1.54) is 173 Å². The number of phosphoric acid groups is 2. The lowest BCUT2D eigenvalue weighted by Gasteiger charge is -2.21. The van der Waals surface area contributed by atoms with Gasteiger partial charge in [-0.05, 0) is 69.1 Å². The predicted octanol–water partition coefficient (Wildman–Crippen LogP) is 22.9. The van der Waals surface area contributed by atoms with Gasteiger partial charge >= 0.3 is 39.5 Å². The number of hydrogen-bond acceptors (Lipinski definition) is 15. The summed E-state index contributed by atoms with van der Waals surface area (Å²) >= 11 is 0. The molecule has 0 amide bonds. The minimum atomic E-state index is -4.97. The van der Waals surface area contributed by atoms with Crippen LogP contribution in [0.3, 0.4) is 0 Å². The Morgan fingerprint density at radius 1 is 0.337 bits per heavy atom. The van der Waals surface area contributed by atoms with Gasteiger partial charge in [0.2, 0.25) is 0 Å². The quantitative estimate of drug-likeness (QED) is 0.0169. The number of carbonyl (C=O) groups is 4. The second-order valence-corrected chi connectivity index (χ2v) is 31.9. The lowest BCUT2D eigenvalue weighted by Crippen LogP contribution is -2.30. The van der Waals surface area contributed by atoms with Crippen molar-refractivity contribution in [3.8, 4) is 0 Å². The number of esters is 4. The van der Waals surface area contributed by atoms with Crippen LogP contribution in [0.4, 0.5) is 0 Å². The van der Waals surface area contributed by atoms with Crippen molar-refractivity contribution in [1.29, 1.82) is 0 Å². The number of rotatable bonds is 75. The molecule has 0 aliphatic heterocycles. The molecule has 4 unspecified atom stereocenters. The van der Waals surface area contributed by atoms with Crippen molar-refractivity contribution < 1.29 is 80.2 Å². The highest BCUT2D eigenvalue weighted by Gasteiger charge is 2.30. The topological polar surface area (TPSA) is 237 Å². The first-order valence-corrected chi connectivity index (χ1v) is 43.2. The fourth-order valence-corrected chi connectivity index (χ4v) is 13.1. The van der Waals surface area contributed by atoms with E-state index in [9.17, 15) is 43.2 Å². The van der Waals surface area contributed by atoms with Crippen LogP contribution >= 0.6 is 15.6 Å². The van der Waals surface area contributed by atoms with Gasteiger partial charge in [-0.3, -0.25) is 37.3 Å². The summed E-state index contributed by atoms with van der Waals surface area (Å²) < 4.78 is 68.5. The third-order valence-electron chi connectivity index (χ3n) is 18.1. The largest absolute Gasteiger partial charge is 0.472 e. The summed E-state index contributed by atoms with van der Waals surface area (Å²) in [5, 5.41) is 10.6. The summed E-state index contributed by atoms with van der Waals surface area (Å²) in [5.41, 5.74) is 0. The average molecular weight is 1430 g/mol. The van der Waals surface area contributed by atoms with Crippen LogP contribution in [0, 0.1) is 17.8 Å². The van der Waals surface area contributed by atoms with Gasteiger partial charge in [-0.25, -0.2) is 9.13 Å². The second kappa shape index (κ2) is 68.9.